The van der Waals surface area contributed by atoms with E-state index in [4.69, 9.17) is 0 Å². The van der Waals surface area contributed by atoms with Gasteiger partial charge in [-0.05, 0) is 144 Å². The largest absolute Gasteiger partial charge is 0.310 e. The molecule has 9 aromatic rings. The van der Waals surface area contributed by atoms with Gasteiger partial charge in [0.2, 0.25) is 0 Å². The van der Waals surface area contributed by atoms with Gasteiger partial charge in [0.25, 0.3) is 0 Å². The normalized spacial score (nSPS) is 15.4. The zero-order valence-electron chi connectivity index (χ0n) is 34.4. The summed E-state index contributed by atoms with van der Waals surface area (Å²) in [5.74, 6) is 0. The van der Waals surface area contributed by atoms with Crippen LogP contribution in [-0.4, -0.2) is 0 Å². The maximum atomic E-state index is 2.54. The lowest BCUT2D eigenvalue weighted by Crippen LogP contribution is -2.28. The maximum Gasteiger partial charge on any atom is 0.0465 e. The van der Waals surface area contributed by atoms with E-state index in [-0.39, 0.29) is 10.8 Å². The van der Waals surface area contributed by atoms with Crippen molar-refractivity contribution in [2.75, 3.05) is 4.90 Å². The summed E-state index contributed by atoms with van der Waals surface area (Å²) in [5, 5.41) is 5.14. The minimum atomic E-state index is -0.0809. The zero-order valence-corrected chi connectivity index (χ0v) is 34.4. The predicted octanol–water partition coefficient (Wildman–Crippen LogP) is 16.3. The van der Waals surface area contributed by atoms with Gasteiger partial charge in [-0.1, -0.05) is 179 Å². The van der Waals surface area contributed by atoms with E-state index in [1.54, 1.807) is 0 Å². The predicted molar refractivity (Wildman–Crippen MR) is 254 cm³/mol. The molecule has 0 aromatic heterocycles. The summed E-state index contributed by atoms with van der Waals surface area (Å²) in [6.45, 7) is 4.76. The molecule has 0 heterocycles. The van der Waals surface area contributed by atoms with E-state index in [0.717, 1.165) is 11.4 Å². The van der Waals surface area contributed by atoms with Crippen molar-refractivity contribution in [3.63, 3.8) is 0 Å². The molecule has 3 aliphatic rings. The third-order valence-corrected chi connectivity index (χ3v) is 14.4. The lowest BCUT2D eigenvalue weighted by molar-refractivity contribution is 0.353. The average Bonchev–Trinajstić information content (AvgIpc) is 3.71. The molecule has 0 aliphatic heterocycles. The molecule has 1 saturated carbocycles. The SMILES string of the molecule is CC1(C)c2ccccc2-c2cccc(-c3ccc(N(c4ccc(-c5cc6ccccc6c6ccccc56)cc4)c4ccc5c(c4)C4(CCCCC4)c4ccccc4-5)cc3)c21. The maximum absolute atomic E-state index is 2.54. The van der Waals surface area contributed by atoms with Crippen molar-refractivity contribution < 1.29 is 0 Å². The van der Waals surface area contributed by atoms with Crippen molar-refractivity contribution in [2.45, 2.75) is 56.8 Å². The number of hydrogen-bond acceptors (Lipinski definition) is 1. The van der Waals surface area contributed by atoms with Crippen LogP contribution in [0.2, 0.25) is 0 Å². The minimum Gasteiger partial charge on any atom is -0.310 e. The Morgan fingerprint density at radius 1 is 0.367 bits per heavy atom. The molecular formula is C59H47N. The highest BCUT2D eigenvalue weighted by Gasteiger charge is 2.44. The Hall–Kier alpha value is -6.70. The van der Waals surface area contributed by atoms with Crippen molar-refractivity contribution in [1.29, 1.82) is 0 Å². The molecule has 288 valence electrons. The molecule has 1 fully saturated rings. The van der Waals surface area contributed by atoms with Crippen LogP contribution in [0, 0.1) is 0 Å². The minimum absolute atomic E-state index is 0.0782. The van der Waals surface area contributed by atoms with E-state index in [1.165, 1.54) is 126 Å². The molecule has 1 heteroatoms. The summed E-state index contributed by atoms with van der Waals surface area (Å²) in [6.07, 6.45) is 6.30. The Morgan fingerprint density at radius 2 is 0.900 bits per heavy atom. The summed E-state index contributed by atoms with van der Waals surface area (Å²) >= 11 is 0. The lowest BCUT2D eigenvalue weighted by atomic mass is 9.68. The third kappa shape index (κ3) is 5.18. The smallest absolute Gasteiger partial charge is 0.0465 e. The number of rotatable bonds is 5. The number of nitrogens with zero attached hydrogens (tertiary/aromatic N) is 1. The lowest BCUT2D eigenvalue weighted by Gasteiger charge is -2.36. The molecule has 0 bridgehead atoms. The summed E-state index contributed by atoms with van der Waals surface area (Å²) in [6, 6.07) is 71.0. The van der Waals surface area contributed by atoms with Gasteiger partial charge in [-0.25, -0.2) is 0 Å². The highest BCUT2D eigenvalue weighted by Crippen LogP contribution is 2.57. The molecule has 9 aromatic carbocycles. The summed E-state index contributed by atoms with van der Waals surface area (Å²) in [5.41, 5.74) is 20.0. The second-order valence-electron chi connectivity index (χ2n) is 17.9. The van der Waals surface area contributed by atoms with E-state index in [0.29, 0.717) is 0 Å². The van der Waals surface area contributed by atoms with Gasteiger partial charge in [0.1, 0.15) is 0 Å². The van der Waals surface area contributed by atoms with Crippen LogP contribution in [0.1, 0.15) is 68.2 Å². The second-order valence-corrected chi connectivity index (χ2v) is 17.9. The molecule has 0 saturated heterocycles. The Morgan fingerprint density at radius 3 is 1.63 bits per heavy atom. The molecule has 3 aliphatic carbocycles. The molecule has 0 amide bonds. The fourth-order valence-corrected chi connectivity index (χ4v) is 11.7. The molecule has 12 rings (SSSR count). The third-order valence-electron chi connectivity index (χ3n) is 14.4. The summed E-state index contributed by atoms with van der Waals surface area (Å²) < 4.78 is 0. The first-order chi connectivity index (χ1) is 29.5. The van der Waals surface area contributed by atoms with Crippen molar-refractivity contribution in [2.24, 2.45) is 0 Å². The van der Waals surface area contributed by atoms with Gasteiger partial charge in [-0.3, -0.25) is 0 Å². The van der Waals surface area contributed by atoms with Crippen LogP contribution in [0.25, 0.3) is 66.1 Å². The van der Waals surface area contributed by atoms with Gasteiger partial charge < -0.3 is 4.90 Å². The van der Waals surface area contributed by atoms with Crippen LogP contribution in [0.15, 0.2) is 188 Å². The van der Waals surface area contributed by atoms with Crippen molar-refractivity contribution >= 4 is 38.6 Å². The quantitative estimate of drug-likeness (QED) is 0.158. The first kappa shape index (κ1) is 35.3. The Balaban J connectivity index is 0.998. The van der Waals surface area contributed by atoms with E-state index >= 15 is 0 Å². The van der Waals surface area contributed by atoms with E-state index < -0.39 is 0 Å². The van der Waals surface area contributed by atoms with Gasteiger partial charge in [-0.2, -0.15) is 0 Å². The van der Waals surface area contributed by atoms with Crippen LogP contribution >= 0.6 is 0 Å². The van der Waals surface area contributed by atoms with Gasteiger partial charge in [0.15, 0.2) is 0 Å². The van der Waals surface area contributed by atoms with Gasteiger partial charge in [0.05, 0.1) is 0 Å². The topological polar surface area (TPSA) is 3.24 Å². The zero-order chi connectivity index (χ0) is 40.0. The van der Waals surface area contributed by atoms with Gasteiger partial charge >= 0.3 is 0 Å². The molecule has 60 heavy (non-hydrogen) atoms. The Bertz CT molecular complexity index is 3140. The van der Waals surface area contributed by atoms with Crippen molar-refractivity contribution in [3.05, 3.63) is 210 Å². The Labute approximate surface area is 353 Å². The number of anilines is 3. The number of fused-ring (bicyclic) bond motifs is 11. The average molecular weight is 770 g/mol. The monoisotopic (exact) mass is 769 g/mol. The summed E-state index contributed by atoms with van der Waals surface area (Å²) in [7, 11) is 0. The first-order valence-corrected chi connectivity index (χ1v) is 21.9. The van der Waals surface area contributed by atoms with Gasteiger partial charge in [-0.15, -0.1) is 0 Å². The second kappa shape index (κ2) is 13.4. The summed E-state index contributed by atoms with van der Waals surface area (Å²) in [4.78, 5) is 2.49. The van der Waals surface area contributed by atoms with Crippen LogP contribution in [0.4, 0.5) is 17.1 Å². The molecular weight excluding hydrogens is 723 g/mol. The van der Waals surface area contributed by atoms with E-state index in [9.17, 15) is 0 Å². The molecule has 1 nitrogen and oxygen atoms in total. The van der Waals surface area contributed by atoms with E-state index in [1.807, 2.05) is 0 Å². The standard InChI is InChI=1S/C59H47N/c1-58(2)54-23-10-8-20-50(54)52-22-14-21-46(57(52)58)39-25-29-42(30-26-39)60(44-33-34-51-49-19-9-11-24-55(49)59(56(51)38-44)35-12-3-13-36-59)43-31-27-40(28-32-43)53-37-41-15-4-5-16-45(41)47-17-6-7-18-48(47)53/h4-11,14-34,37-38H,3,12-13,35-36H2,1-2H3. The van der Waals surface area contributed by atoms with Gasteiger partial charge in [0, 0.05) is 27.9 Å². The van der Waals surface area contributed by atoms with Crippen LogP contribution in [-0.2, 0) is 10.8 Å². The fourth-order valence-electron chi connectivity index (χ4n) is 11.7. The Kier molecular flexibility index (Phi) is 7.88. The highest BCUT2D eigenvalue weighted by atomic mass is 15.1. The van der Waals surface area contributed by atoms with Crippen molar-refractivity contribution in [3.8, 4) is 44.5 Å². The number of benzene rings is 9. The van der Waals surface area contributed by atoms with Crippen molar-refractivity contribution in [1.82, 2.24) is 0 Å². The van der Waals surface area contributed by atoms with Crippen LogP contribution in [0.3, 0.4) is 0 Å². The molecule has 0 radical (unpaired) electrons. The number of hydrogen-bond donors (Lipinski definition) is 0. The molecule has 0 atom stereocenters. The van der Waals surface area contributed by atoms with Crippen LogP contribution < -0.4 is 4.90 Å². The molecule has 0 N–H and O–H groups in total. The van der Waals surface area contributed by atoms with E-state index in [2.05, 4.69) is 207 Å². The molecule has 1 spiro atoms. The molecule has 0 unspecified atom stereocenters. The first-order valence-electron chi connectivity index (χ1n) is 21.9. The fraction of sp³-hybridized carbons (Fsp3) is 0.153. The highest BCUT2D eigenvalue weighted by molar-refractivity contribution is 6.13. The van der Waals surface area contributed by atoms with Crippen LogP contribution in [0.5, 0.6) is 0 Å².